The number of piperazine rings is 1. The lowest BCUT2D eigenvalue weighted by molar-refractivity contribution is 0.0661. The third kappa shape index (κ3) is 3.36. The molecule has 5 nitrogen and oxygen atoms in total. The average molecular weight is 368 g/mol. The zero-order chi connectivity index (χ0) is 17.9. The van der Waals surface area contributed by atoms with Crippen molar-refractivity contribution >= 4 is 17.5 Å². The molecule has 2 aromatic carbocycles. The molecule has 6 heteroatoms. The fraction of sp³-hybridized carbons (Fsp3) is 0.200. The van der Waals surface area contributed by atoms with Gasteiger partial charge in [-0.05, 0) is 11.6 Å². The monoisotopic (exact) mass is 367 g/mol. The first-order valence-corrected chi connectivity index (χ1v) is 8.89. The molecule has 0 spiro atoms. The fourth-order valence-electron chi connectivity index (χ4n) is 3.18. The van der Waals surface area contributed by atoms with Crippen LogP contribution in [0.5, 0.6) is 0 Å². The molecule has 1 fully saturated rings. The molecule has 1 atom stereocenters. The predicted molar refractivity (Wildman–Crippen MR) is 100 cm³/mol. The molecule has 4 rings (SSSR count). The van der Waals surface area contributed by atoms with E-state index in [2.05, 4.69) is 10.5 Å². The average Bonchev–Trinajstić information content (AvgIpc) is 3.19. The summed E-state index contributed by atoms with van der Waals surface area (Å²) >= 11 is 6.30. The molecule has 26 heavy (non-hydrogen) atoms. The van der Waals surface area contributed by atoms with Crippen molar-refractivity contribution in [2.75, 3.05) is 19.6 Å². The summed E-state index contributed by atoms with van der Waals surface area (Å²) in [5.74, 6) is 0.0990. The summed E-state index contributed by atoms with van der Waals surface area (Å²) in [5.41, 5.74) is 2.57. The minimum Gasteiger partial charge on any atom is -0.350 e. The standard InChI is InChI=1S/C20H18ClN3O2/c21-16-9-5-4-8-15(16)18-13-24(11-10-22-18)20(25)19-12-17(23-26-19)14-6-2-1-3-7-14/h1-9,12,18,22H,10-11,13H2. The van der Waals surface area contributed by atoms with Gasteiger partial charge in [0.2, 0.25) is 5.76 Å². The second-order valence-corrected chi connectivity index (χ2v) is 6.63. The van der Waals surface area contributed by atoms with E-state index in [4.69, 9.17) is 16.1 Å². The van der Waals surface area contributed by atoms with E-state index in [1.165, 1.54) is 0 Å². The molecular formula is C20H18ClN3O2. The Kier molecular flexibility index (Phi) is 4.73. The number of benzene rings is 2. The predicted octanol–water partition coefficient (Wildman–Crippen LogP) is 3.78. The molecular weight excluding hydrogens is 350 g/mol. The van der Waals surface area contributed by atoms with Crippen molar-refractivity contribution in [3.63, 3.8) is 0 Å². The molecule has 0 aliphatic carbocycles. The lowest BCUT2D eigenvalue weighted by atomic mass is 10.0. The van der Waals surface area contributed by atoms with Crippen molar-refractivity contribution < 1.29 is 9.32 Å². The molecule has 1 aliphatic heterocycles. The van der Waals surface area contributed by atoms with Gasteiger partial charge in [0.15, 0.2) is 0 Å². The molecule has 0 bridgehead atoms. The first kappa shape index (κ1) is 16.8. The van der Waals surface area contributed by atoms with Crippen LogP contribution in [-0.4, -0.2) is 35.6 Å². The summed E-state index contributed by atoms with van der Waals surface area (Å²) in [7, 11) is 0. The molecule has 2 heterocycles. The minimum atomic E-state index is -0.154. The number of amides is 1. The lowest BCUT2D eigenvalue weighted by Crippen LogP contribution is -2.48. The van der Waals surface area contributed by atoms with E-state index in [9.17, 15) is 4.79 Å². The van der Waals surface area contributed by atoms with Crippen LogP contribution >= 0.6 is 11.6 Å². The van der Waals surface area contributed by atoms with E-state index < -0.39 is 0 Å². The van der Waals surface area contributed by atoms with Crippen LogP contribution in [0.25, 0.3) is 11.3 Å². The summed E-state index contributed by atoms with van der Waals surface area (Å²) in [6.45, 7) is 1.84. The molecule has 132 valence electrons. The summed E-state index contributed by atoms with van der Waals surface area (Å²) in [6.07, 6.45) is 0. The van der Waals surface area contributed by atoms with Crippen molar-refractivity contribution in [1.29, 1.82) is 0 Å². The molecule has 1 N–H and O–H groups in total. The highest BCUT2D eigenvalue weighted by Gasteiger charge is 2.28. The highest BCUT2D eigenvalue weighted by atomic mass is 35.5. The molecule has 1 aliphatic rings. The van der Waals surface area contributed by atoms with Gasteiger partial charge >= 0.3 is 0 Å². The van der Waals surface area contributed by atoms with E-state index in [0.29, 0.717) is 30.4 Å². The summed E-state index contributed by atoms with van der Waals surface area (Å²) in [4.78, 5) is 14.6. The number of carbonyl (C=O) groups excluding carboxylic acids is 1. The number of nitrogens with zero attached hydrogens (tertiary/aromatic N) is 2. The zero-order valence-electron chi connectivity index (χ0n) is 14.1. The molecule has 0 radical (unpaired) electrons. The number of aromatic nitrogens is 1. The fourth-order valence-corrected chi connectivity index (χ4v) is 3.44. The number of carbonyl (C=O) groups is 1. The van der Waals surface area contributed by atoms with Gasteiger partial charge in [0.25, 0.3) is 5.91 Å². The van der Waals surface area contributed by atoms with Gasteiger partial charge in [-0.1, -0.05) is 65.3 Å². The lowest BCUT2D eigenvalue weighted by Gasteiger charge is -2.33. The maximum absolute atomic E-state index is 12.8. The van der Waals surface area contributed by atoms with Gasteiger partial charge in [-0.25, -0.2) is 0 Å². The highest BCUT2D eigenvalue weighted by molar-refractivity contribution is 6.31. The Balaban J connectivity index is 1.51. The van der Waals surface area contributed by atoms with E-state index in [1.807, 2.05) is 54.6 Å². The first-order valence-electron chi connectivity index (χ1n) is 8.51. The maximum Gasteiger partial charge on any atom is 0.292 e. The van der Waals surface area contributed by atoms with Crippen LogP contribution in [0, 0.1) is 0 Å². The van der Waals surface area contributed by atoms with Crippen molar-refractivity contribution in [3.05, 3.63) is 77.0 Å². The Labute approximate surface area is 156 Å². The summed E-state index contributed by atoms with van der Waals surface area (Å²) in [5, 5.41) is 8.15. The first-order chi connectivity index (χ1) is 12.7. The van der Waals surface area contributed by atoms with Crippen LogP contribution in [0.1, 0.15) is 22.2 Å². The van der Waals surface area contributed by atoms with Crippen molar-refractivity contribution in [3.8, 4) is 11.3 Å². The van der Waals surface area contributed by atoms with Crippen molar-refractivity contribution in [1.82, 2.24) is 15.4 Å². The number of hydrogen-bond donors (Lipinski definition) is 1. The molecule has 1 saturated heterocycles. The van der Waals surface area contributed by atoms with Crippen molar-refractivity contribution in [2.24, 2.45) is 0 Å². The number of nitrogens with one attached hydrogen (secondary N) is 1. The Bertz CT molecular complexity index is 910. The van der Waals surface area contributed by atoms with Gasteiger partial charge in [-0.15, -0.1) is 0 Å². The number of hydrogen-bond acceptors (Lipinski definition) is 4. The zero-order valence-corrected chi connectivity index (χ0v) is 14.8. The summed E-state index contributed by atoms with van der Waals surface area (Å²) < 4.78 is 5.31. The molecule has 1 aromatic heterocycles. The Morgan fingerprint density at radius 1 is 1.15 bits per heavy atom. The third-order valence-electron chi connectivity index (χ3n) is 4.53. The van der Waals surface area contributed by atoms with Crippen LogP contribution in [0.2, 0.25) is 5.02 Å². The van der Waals surface area contributed by atoms with Gasteiger partial charge in [-0.2, -0.15) is 0 Å². The highest BCUT2D eigenvalue weighted by Crippen LogP contribution is 2.26. The Hall–Kier alpha value is -2.63. The number of halogens is 1. The van der Waals surface area contributed by atoms with Gasteiger partial charge in [0.1, 0.15) is 5.69 Å². The third-order valence-corrected chi connectivity index (χ3v) is 4.88. The van der Waals surface area contributed by atoms with Gasteiger partial charge in [-0.3, -0.25) is 4.79 Å². The van der Waals surface area contributed by atoms with Crippen LogP contribution < -0.4 is 5.32 Å². The van der Waals surface area contributed by atoms with Crippen molar-refractivity contribution in [2.45, 2.75) is 6.04 Å². The second kappa shape index (κ2) is 7.32. The van der Waals surface area contributed by atoms with Crippen LogP contribution in [-0.2, 0) is 0 Å². The van der Waals surface area contributed by atoms with E-state index in [0.717, 1.165) is 11.1 Å². The quantitative estimate of drug-likeness (QED) is 0.765. The smallest absolute Gasteiger partial charge is 0.292 e. The Morgan fingerprint density at radius 2 is 1.92 bits per heavy atom. The largest absolute Gasteiger partial charge is 0.350 e. The Morgan fingerprint density at radius 3 is 2.73 bits per heavy atom. The van der Waals surface area contributed by atoms with Crippen LogP contribution in [0.15, 0.2) is 65.2 Å². The van der Waals surface area contributed by atoms with Crippen LogP contribution in [0.3, 0.4) is 0 Å². The topological polar surface area (TPSA) is 58.4 Å². The molecule has 0 saturated carbocycles. The molecule has 1 amide bonds. The summed E-state index contributed by atoms with van der Waals surface area (Å²) in [6, 6.07) is 19.1. The van der Waals surface area contributed by atoms with E-state index >= 15 is 0 Å². The second-order valence-electron chi connectivity index (χ2n) is 6.22. The van der Waals surface area contributed by atoms with Gasteiger partial charge in [0.05, 0.1) is 6.04 Å². The maximum atomic E-state index is 12.8. The van der Waals surface area contributed by atoms with Gasteiger partial charge in [0, 0.05) is 36.3 Å². The normalized spacial score (nSPS) is 17.3. The van der Waals surface area contributed by atoms with Crippen LogP contribution in [0.4, 0.5) is 0 Å². The number of rotatable bonds is 3. The minimum absolute atomic E-state index is 0.00193. The van der Waals surface area contributed by atoms with Gasteiger partial charge < -0.3 is 14.7 Å². The SMILES string of the molecule is O=C(c1cc(-c2ccccc2)no1)N1CCNC(c2ccccc2Cl)C1. The van der Waals surface area contributed by atoms with E-state index in [-0.39, 0.29) is 17.7 Å². The molecule has 1 unspecified atom stereocenters. The molecule has 3 aromatic rings. The van der Waals surface area contributed by atoms with E-state index in [1.54, 1.807) is 11.0 Å².